The minimum Gasteiger partial charge on any atom is -0.465 e. The average molecular weight is 303 g/mol. The van der Waals surface area contributed by atoms with E-state index in [4.69, 9.17) is 9.47 Å². The fourth-order valence-corrected chi connectivity index (χ4v) is 4.10. The van der Waals surface area contributed by atoms with Crippen molar-refractivity contribution in [2.24, 2.45) is 0 Å². The second-order valence-electron chi connectivity index (χ2n) is 5.68. The monoisotopic (exact) mass is 303 g/mol. The first-order valence-corrected chi connectivity index (χ1v) is 8.64. The standard InChI is InChI=1S/C15H29NO3S/c1-5-19-14(17)15(16-12(2)3)8-7-13(11-15)20-10-6-9-18-4/h12-13,16H,5-11H2,1-4H3. The maximum Gasteiger partial charge on any atom is 0.326 e. The smallest absolute Gasteiger partial charge is 0.326 e. The van der Waals surface area contributed by atoms with E-state index in [0.29, 0.717) is 11.9 Å². The summed E-state index contributed by atoms with van der Waals surface area (Å²) >= 11 is 1.96. The molecule has 1 aliphatic rings. The highest BCUT2D eigenvalue weighted by molar-refractivity contribution is 7.99. The fourth-order valence-electron chi connectivity index (χ4n) is 2.79. The molecule has 0 aromatic carbocycles. The van der Waals surface area contributed by atoms with Crippen LogP contribution >= 0.6 is 11.8 Å². The summed E-state index contributed by atoms with van der Waals surface area (Å²) in [6, 6.07) is 0.289. The third-order valence-corrected chi connectivity index (χ3v) is 4.94. The Morgan fingerprint density at radius 3 is 2.85 bits per heavy atom. The van der Waals surface area contributed by atoms with E-state index in [1.165, 1.54) is 0 Å². The van der Waals surface area contributed by atoms with Gasteiger partial charge in [0.1, 0.15) is 5.54 Å². The summed E-state index contributed by atoms with van der Waals surface area (Å²) in [6.45, 7) is 7.30. The van der Waals surface area contributed by atoms with E-state index in [1.54, 1.807) is 7.11 Å². The number of esters is 1. The van der Waals surface area contributed by atoms with Crippen LogP contribution in [-0.4, -0.2) is 48.9 Å². The molecule has 0 aromatic heterocycles. The summed E-state index contributed by atoms with van der Waals surface area (Å²) in [5.41, 5.74) is -0.469. The molecule has 2 atom stereocenters. The van der Waals surface area contributed by atoms with Crippen molar-refractivity contribution >= 4 is 17.7 Å². The van der Waals surface area contributed by atoms with Crippen molar-refractivity contribution in [3.8, 4) is 0 Å². The Morgan fingerprint density at radius 2 is 2.25 bits per heavy atom. The van der Waals surface area contributed by atoms with Gasteiger partial charge >= 0.3 is 5.97 Å². The predicted octanol–water partition coefficient (Wildman–Crippen LogP) is 2.61. The maximum atomic E-state index is 12.3. The van der Waals surface area contributed by atoms with Gasteiger partial charge in [0.25, 0.3) is 0 Å². The van der Waals surface area contributed by atoms with Gasteiger partial charge in [-0.1, -0.05) is 0 Å². The number of methoxy groups -OCH3 is 1. The molecule has 1 saturated carbocycles. The van der Waals surface area contributed by atoms with Gasteiger partial charge in [0.2, 0.25) is 0 Å². The molecular weight excluding hydrogens is 274 g/mol. The largest absolute Gasteiger partial charge is 0.465 e. The molecule has 1 aliphatic carbocycles. The topological polar surface area (TPSA) is 47.6 Å². The molecule has 1 fully saturated rings. The number of ether oxygens (including phenoxy) is 2. The minimum atomic E-state index is -0.469. The molecule has 2 unspecified atom stereocenters. The van der Waals surface area contributed by atoms with E-state index in [2.05, 4.69) is 19.2 Å². The van der Waals surface area contributed by atoms with Crippen molar-refractivity contribution in [3.63, 3.8) is 0 Å². The highest BCUT2D eigenvalue weighted by Crippen LogP contribution is 2.38. The third-order valence-electron chi connectivity index (χ3n) is 3.55. The lowest BCUT2D eigenvalue weighted by molar-refractivity contribution is -0.151. The van der Waals surface area contributed by atoms with Crippen LogP contribution in [0.25, 0.3) is 0 Å². The van der Waals surface area contributed by atoms with Gasteiger partial charge in [-0.15, -0.1) is 0 Å². The van der Waals surface area contributed by atoms with Gasteiger partial charge in [-0.05, 0) is 52.2 Å². The summed E-state index contributed by atoms with van der Waals surface area (Å²) in [5, 5.41) is 4.00. The highest BCUT2D eigenvalue weighted by atomic mass is 32.2. The molecule has 0 spiro atoms. The molecule has 20 heavy (non-hydrogen) atoms. The number of carbonyl (C=O) groups excluding carboxylic acids is 1. The number of rotatable bonds is 9. The van der Waals surface area contributed by atoms with Crippen molar-refractivity contribution in [2.45, 2.75) is 63.3 Å². The second-order valence-corrected chi connectivity index (χ2v) is 7.09. The van der Waals surface area contributed by atoms with E-state index in [0.717, 1.165) is 38.0 Å². The Morgan fingerprint density at radius 1 is 1.50 bits per heavy atom. The van der Waals surface area contributed by atoms with Crippen LogP contribution in [0.4, 0.5) is 0 Å². The van der Waals surface area contributed by atoms with Crippen LogP contribution < -0.4 is 5.32 Å². The van der Waals surface area contributed by atoms with Gasteiger partial charge in [-0.25, -0.2) is 0 Å². The Kier molecular flexibility index (Phi) is 7.92. The quantitative estimate of drug-likeness (QED) is 0.524. The molecule has 0 bridgehead atoms. The first-order valence-electron chi connectivity index (χ1n) is 7.59. The molecule has 0 saturated heterocycles. The zero-order valence-electron chi connectivity index (χ0n) is 13.2. The van der Waals surface area contributed by atoms with Crippen LogP contribution in [0, 0.1) is 0 Å². The average Bonchev–Trinajstić information content (AvgIpc) is 2.79. The van der Waals surface area contributed by atoms with Crippen LogP contribution in [0.3, 0.4) is 0 Å². The van der Waals surface area contributed by atoms with Crippen LogP contribution in [0.1, 0.15) is 46.5 Å². The SMILES string of the molecule is CCOC(=O)C1(NC(C)C)CCC(SCCCOC)C1. The van der Waals surface area contributed by atoms with Gasteiger partial charge in [0.15, 0.2) is 0 Å². The summed E-state index contributed by atoms with van der Waals surface area (Å²) < 4.78 is 10.4. The molecule has 0 aromatic rings. The summed E-state index contributed by atoms with van der Waals surface area (Å²) in [4.78, 5) is 12.3. The second kappa shape index (κ2) is 8.90. The van der Waals surface area contributed by atoms with Gasteiger partial charge in [0, 0.05) is 25.0 Å². The van der Waals surface area contributed by atoms with E-state index in [9.17, 15) is 4.79 Å². The maximum absolute atomic E-state index is 12.3. The molecule has 0 heterocycles. The number of hydrogen-bond acceptors (Lipinski definition) is 5. The van der Waals surface area contributed by atoms with Crippen molar-refractivity contribution < 1.29 is 14.3 Å². The zero-order chi connectivity index (χ0) is 15.0. The number of hydrogen-bond donors (Lipinski definition) is 1. The van der Waals surface area contributed by atoms with E-state index < -0.39 is 5.54 Å². The summed E-state index contributed by atoms with van der Waals surface area (Å²) in [6.07, 6.45) is 3.91. The van der Waals surface area contributed by atoms with Gasteiger partial charge in [-0.2, -0.15) is 11.8 Å². The number of nitrogens with one attached hydrogen (secondary N) is 1. The van der Waals surface area contributed by atoms with E-state index >= 15 is 0 Å². The molecule has 4 nitrogen and oxygen atoms in total. The molecule has 1 rings (SSSR count). The van der Waals surface area contributed by atoms with Gasteiger partial charge < -0.3 is 9.47 Å². The molecule has 5 heteroatoms. The lowest BCUT2D eigenvalue weighted by Gasteiger charge is -2.30. The normalized spacial score (nSPS) is 26.1. The van der Waals surface area contributed by atoms with E-state index in [1.807, 2.05) is 18.7 Å². The van der Waals surface area contributed by atoms with Crippen LogP contribution in [0.5, 0.6) is 0 Å². The lowest BCUT2D eigenvalue weighted by atomic mass is 9.96. The van der Waals surface area contributed by atoms with Crippen molar-refractivity contribution in [2.75, 3.05) is 26.1 Å². The Hall–Kier alpha value is -0.260. The summed E-state index contributed by atoms with van der Waals surface area (Å²) in [7, 11) is 1.73. The first kappa shape index (κ1) is 17.8. The third kappa shape index (κ3) is 5.26. The Balaban J connectivity index is 2.53. The predicted molar refractivity (Wildman–Crippen MR) is 84.2 cm³/mol. The Bertz CT molecular complexity index is 299. The van der Waals surface area contributed by atoms with Crippen molar-refractivity contribution in [1.29, 1.82) is 0 Å². The minimum absolute atomic E-state index is 0.0753. The number of carbonyl (C=O) groups is 1. The zero-order valence-corrected chi connectivity index (χ0v) is 14.1. The lowest BCUT2D eigenvalue weighted by Crippen LogP contribution is -2.54. The molecule has 1 N–H and O–H groups in total. The first-order chi connectivity index (χ1) is 9.54. The Labute approximate surface area is 127 Å². The number of thioether (sulfide) groups is 1. The van der Waals surface area contributed by atoms with Gasteiger partial charge in [-0.3, -0.25) is 10.1 Å². The van der Waals surface area contributed by atoms with E-state index in [-0.39, 0.29) is 12.0 Å². The molecule has 0 aliphatic heterocycles. The summed E-state index contributed by atoms with van der Waals surface area (Å²) in [5.74, 6) is 1.02. The molecule has 0 amide bonds. The molecular formula is C15H29NO3S. The van der Waals surface area contributed by atoms with Gasteiger partial charge in [0.05, 0.1) is 6.61 Å². The van der Waals surface area contributed by atoms with Crippen molar-refractivity contribution in [1.82, 2.24) is 5.32 Å². The van der Waals surface area contributed by atoms with Crippen molar-refractivity contribution in [3.05, 3.63) is 0 Å². The molecule has 0 radical (unpaired) electrons. The fraction of sp³-hybridized carbons (Fsp3) is 0.933. The van der Waals surface area contributed by atoms with Crippen LogP contribution in [0.2, 0.25) is 0 Å². The molecule has 118 valence electrons. The highest BCUT2D eigenvalue weighted by Gasteiger charge is 2.46. The van der Waals surface area contributed by atoms with Crippen LogP contribution in [0.15, 0.2) is 0 Å². The van der Waals surface area contributed by atoms with Crippen LogP contribution in [-0.2, 0) is 14.3 Å².